The zero-order valence-corrected chi connectivity index (χ0v) is 22.2. The Kier molecular flexibility index (Phi) is 9.10. The molecule has 5 rings (SSSR count). The lowest BCUT2D eigenvalue weighted by molar-refractivity contribution is -0.192. The average Bonchev–Trinajstić information content (AvgIpc) is 3.32. The van der Waals surface area contributed by atoms with Gasteiger partial charge in [-0.2, -0.15) is 13.2 Å². The Morgan fingerprint density at radius 1 is 1.17 bits per heavy atom. The molecule has 0 radical (unpaired) electrons. The Morgan fingerprint density at radius 3 is 2.49 bits per heavy atom. The Hall–Kier alpha value is -3.81. The standard InChI is InChI=1S/C25H29FN4O4.C2HF3O2/c1-15-19(25(33)30-9-2-3-17(13-22(31)32)24(30)27-15)8-12-29-10-6-16(7-11-29)23-20-5-4-18(26)14-21(20)34-28-23;3-2(4,5)1(6)7/h4-5,13-16,19H,2-3,6-12H2,1H3,(H,31,32);(H,6,7)/b17-13+;. The molecule has 0 bridgehead atoms. The minimum absolute atomic E-state index is 0.0599. The maximum atomic E-state index is 13.4. The molecule has 0 aliphatic carbocycles. The maximum absolute atomic E-state index is 13.4. The number of carbonyl (C=O) groups is 3. The van der Waals surface area contributed by atoms with Gasteiger partial charge in [-0.05, 0) is 70.8 Å². The van der Waals surface area contributed by atoms with Crippen molar-refractivity contribution in [3.63, 3.8) is 0 Å². The van der Waals surface area contributed by atoms with Gasteiger partial charge >= 0.3 is 18.1 Å². The molecule has 10 nitrogen and oxygen atoms in total. The van der Waals surface area contributed by atoms with Gasteiger partial charge < -0.3 is 19.6 Å². The molecule has 1 aromatic heterocycles. The molecule has 2 unspecified atom stereocenters. The van der Waals surface area contributed by atoms with Gasteiger partial charge in [-0.15, -0.1) is 0 Å². The van der Waals surface area contributed by atoms with Crippen LogP contribution in [0.5, 0.6) is 0 Å². The Morgan fingerprint density at radius 2 is 1.85 bits per heavy atom. The zero-order valence-electron chi connectivity index (χ0n) is 22.2. The fourth-order valence-electron chi connectivity index (χ4n) is 5.50. The van der Waals surface area contributed by atoms with Crippen LogP contribution >= 0.6 is 0 Å². The first-order valence-electron chi connectivity index (χ1n) is 13.3. The minimum atomic E-state index is -5.08. The number of nitrogens with zero attached hydrogens (tertiary/aromatic N) is 4. The SMILES string of the molecule is CC1N=C2/C(=C/C(=O)O)CCCN2C(=O)C1CCN1CCC(c2noc3cc(F)ccc23)CC1.O=C(O)C(F)(F)F. The van der Waals surface area contributed by atoms with Crippen LogP contribution in [0.1, 0.15) is 50.6 Å². The van der Waals surface area contributed by atoms with E-state index in [0.717, 1.165) is 56.4 Å². The van der Waals surface area contributed by atoms with Crippen molar-refractivity contribution in [3.8, 4) is 0 Å². The van der Waals surface area contributed by atoms with E-state index in [4.69, 9.17) is 24.5 Å². The van der Waals surface area contributed by atoms with Crippen molar-refractivity contribution >= 4 is 34.7 Å². The molecule has 1 amide bonds. The Balaban J connectivity index is 0.000000493. The van der Waals surface area contributed by atoms with Crippen LogP contribution in [0, 0.1) is 11.7 Å². The van der Waals surface area contributed by atoms with Gasteiger partial charge in [-0.1, -0.05) is 5.16 Å². The van der Waals surface area contributed by atoms with Crippen molar-refractivity contribution in [1.82, 2.24) is 15.0 Å². The second-order valence-corrected chi connectivity index (χ2v) is 10.3. The molecule has 0 saturated carbocycles. The van der Waals surface area contributed by atoms with E-state index in [-0.39, 0.29) is 29.6 Å². The van der Waals surface area contributed by atoms with E-state index in [9.17, 15) is 27.2 Å². The molecule has 0 spiro atoms. The first-order valence-corrected chi connectivity index (χ1v) is 13.3. The second-order valence-electron chi connectivity index (χ2n) is 10.3. The van der Waals surface area contributed by atoms with E-state index in [2.05, 4.69) is 10.1 Å². The number of halogens is 4. The molecule has 2 aromatic rings. The van der Waals surface area contributed by atoms with Crippen molar-refractivity contribution in [2.24, 2.45) is 10.9 Å². The van der Waals surface area contributed by atoms with Crippen molar-refractivity contribution in [2.75, 3.05) is 26.2 Å². The van der Waals surface area contributed by atoms with E-state index in [0.29, 0.717) is 30.0 Å². The highest BCUT2D eigenvalue weighted by Gasteiger charge is 2.39. The van der Waals surface area contributed by atoms with E-state index in [1.807, 2.05) is 6.92 Å². The van der Waals surface area contributed by atoms with Gasteiger partial charge in [0.15, 0.2) is 5.58 Å². The number of benzene rings is 1. The van der Waals surface area contributed by atoms with Crippen LogP contribution in [0.2, 0.25) is 0 Å². The summed E-state index contributed by atoms with van der Waals surface area (Å²) < 4.78 is 50.5. The van der Waals surface area contributed by atoms with Gasteiger partial charge in [0.2, 0.25) is 5.91 Å². The molecule has 2 saturated heterocycles. The van der Waals surface area contributed by atoms with E-state index in [1.165, 1.54) is 18.2 Å². The first kappa shape index (κ1) is 30.2. The molecule has 4 heterocycles. The molecule has 41 heavy (non-hydrogen) atoms. The molecule has 1 aromatic carbocycles. The number of aliphatic imine (C=N–C) groups is 1. The predicted octanol–water partition coefficient (Wildman–Crippen LogP) is 4.22. The average molecular weight is 583 g/mol. The third-order valence-electron chi connectivity index (χ3n) is 7.59. The summed E-state index contributed by atoms with van der Waals surface area (Å²) in [6.07, 6.45) is 0.0842. The summed E-state index contributed by atoms with van der Waals surface area (Å²) in [6.45, 7) is 5.16. The summed E-state index contributed by atoms with van der Waals surface area (Å²) in [5.74, 6) is -3.40. The molecule has 222 valence electrons. The number of likely N-dealkylation sites (tertiary alicyclic amines) is 1. The number of rotatable bonds is 5. The molecule has 3 aliphatic rings. The third kappa shape index (κ3) is 7.10. The van der Waals surface area contributed by atoms with Crippen LogP contribution < -0.4 is 0 Å². The summed E-state index contributed by atoms with van der Waals surface area (Å²) in [7, 11) is 0. The number of carbonyl (C=O) groups excluding carboxylic acids is 1. The summed E-state index contributed by atoms with van der Waals surface area (Å²) in [5, 5.41) is 21.4. The lowest BCUT2D eigenvalue weighted by Gasteiger charge is -2.39. The number of amidine groups is 1. The molecule has 14 heteroatoms. The number of piperidine rings is 2. The van der Waals surface area contributed by atoms with Crippen molar-refractivity contribution in [1.29, 1.82) is 0 Å². The summed E-state index contributed by atoms with van der Waals surface area (Å²) in [5.41, 5.74) is 2.03. The third-order valence-corrected chi connectivity index (χ3v) is 7.59. The number of carboxylic acids is 2. The highest BCUT2D eigenvalue weighted by Crippen LogP contribution is 2.34. The Labute approximate surface area is 232 Å². The molecular formula is C27H30F4N4O6. The second kappa shape index (κ2) is 12.4. The highest BCUT2D eigenvalue weighted by atomic mass is 19.4. The lowest BCUT2D eigenvalue weighted by Crippen LogP contribution is -2.51. The van der Waals surface area contributed by atoms with Crippen molar-refractivity contribution in [3.05, 3.63) is 41.4 Å². The topological polar surface area (TPSA) is 137 Å². The van der Waals surface area contributed by atoms with Gasteiger partial charge in [-0.3, -0.25) is 14.7 Å². The van der Waals surface area contributed by atoms with Crippen LogP contribution in [0.15, 0.2) is 39.4 Å². The van der Waals surface area contributed by atoms with Crippen LogP contribution in [0.25, 0.3) is 11.0 Å². The molecular weight excluding hydrogens is 552 g/mol. The number of fused-ring (bicyclic) bond motifs is 2. The number of hydrogen-bond acceptors (Lipinski definition) is 7. The van der Waals surface area contributed by atoms with E-state index < -0.39 is 18.1 Å². The lowest BCUT2D eigenvalue weighted by atomic mass is 9.89. The normalized spacial score (nSPS) is 23.1. The summed E-state index contributed by atoms with van der Waals surface area (Å²) in [4.78, 5) is 42.1. The molecule has 2 fully saturated rings. The fourth-order valence-corrected chi connectivity index (χ4v) is 5.50. The van der Waals surface area contributed by atoms with Gasteiger partial charge in [0.25, 0.3) is 0 Å². The number of aromatic nitrogens is 1. The van der Waals surface area contributed by atoms with Crippen molar-refractivity contribution in [2.45, 2.75) is 57.2 Å². The quantitative estimate of drug-likeness (QED) is 0.395. The molecule has 3 aliphatic heterocycles. The monoisotopic (exact) mass is 582 g/mol. The maximum Gasteiger partial charge on any atom is 0.490 e. The van der Waals surface area contributed by atoms with Crippen LogP contribution in [-0.2, 0) is 14.4 Å². The van der Waals surface area contributed by atoms with Gasteiger partial charge in [0.1, 0.15) is 11.7 Å². The van der Waals surface area contributed by atoms with Crippen molar-refractivity contribution < 1.29 is 46.7 Å². The van der Waals surface area contributed by atoms with Crippen LogP contribution in [0.4, 0.5) is 17.6 Å². The number of hydrogen-bond donors (Lipinski definition) is 2. The number of carboxylic acid groups (broad SMARTS) is 2. The first-order chi connectivity index (χ1) is 19.3. The van der Waals surface area contributed by atoms with Gasteiger partial charge in [0, 0.05) is 35.6 Å². The number of alkyl halides is 3. The summed E-state index contributed by atoms with van der Waals surface area (Å²) in [6, 6.07) is 4.39. The predicted molar refractivity (Wildman–Crippen MR) is 138 cm³/mol. The number of amides is 1. The van der Waals surface area contributed by atoms with E-state index >= 15 is 0 Å². The zero-order chi connectivity index (χ0) is 29.9. The Bertz CT molecular complexity index is 1360. The summed E-state index contributed by atoms with van der Waals surface area (Å²) >= 11 is 0. The molecule has 2 N–H and O–H groups in total. The molecule has 2 atom stereocenters. The van der Waals surface area contributed by atoms with E-state index in [1.54, 1.807) is 11.0 Å². The minimum Gasteiger partial charge on any atom is -0.478 e. The van der Waals surface area contributed by atoms with Gasteiger partial charge in [0.05, 0.1) is 17.7 Å². The van der Waals surface area contributed by atoms with Gasteiger partial charge in [-0.25, -0.2) is 14.0 Å². The highest BCUT2D eigenvalue weighted by molar-refractivity contribution is 6.12. The fraction of sp³-hybridized carbons (Fsp3) is 0.519. The number of aliphatic carboxylic acids is 2. The smallest absolute Gasteiger partial charge is 0.478 e. The van der Waals surface area contributed by atoms with Crippen LogP contribution in [-0.4, -0.2) is 87.2 Å². The van der Waals surface area contributed by atoms with Crippen LogP contribution in [0.3, 0.4) is 0 Å². The largest absolute Gasteiger partial charge is 0.490 e.